The summed E-state index contributed by atoms with van der Waals surface area (Å²) in [5, 5.41) is 14.1. The molecule has 3 aliphatic rings. The Bertz CT molecular complexity index is 1020. The van der Waals surface area contributed by atoms with Crippen LogP contribution in [0, 0.1) is 5.92 Å². The van der Waals surface area contributed by atoms with Crippen LogP contribution in [0.15, 0.2) is 48.5 Å². The van der Waals surface area contributed by atoms with Gasteiger partial charge in [0.2, 0.25) is 0 Å². The third-order valence-corrected chi connectivity index (χ3v) is 7.40. The first-order valence-corrected chi connectivity index (χ1v) is 10.8. The van der Waals surface area contributed by atoms with Gasteiger partial charge in [0.1, 0.15) is 0 Å². The van der Waals surface area contributed by atoms with Crippen LogP contribution in [0.5, 0.6) is 0 Å². The molecular weight excluding hydrogens is 368 g/mol. The molecule has 2 bridgehead atoms. The summed E-state index contributed by atoms with van der Waals surface area (Å²) < 4.78 is 1.10. The minimum atomic E-state index is 0.00481. The third-order valence-electron chi connectivity index (χ3n) is 6.22. The molecule has 144 valence electrons. The van der Waals surface area contributed by atoms with Crippen LogP contribution in [-0.4, -0.2) is 41.6 Å². The smallest absolute Gasteiger partial charge is 0.261 e. The number of amides is 1. The lowest BCUT2D eigenvalue weighted by atomic mass is 9.84. The zero-order valence-electron chi connectivity index (χ0n) is 15.7. The van der Waals surface area contributed by atoms with Crippen LogP contribution in [-0.2, 0) is 6.61 Å². The number of benzene rings is 2. The van der Waals surface area contributed by atoms with Gasteiger partial charge in [-0.1, -0.05) is 42.5 Å². The van der Waals surface area contributed by atoms with Crippen molar-refractivity contribution in [3.8, 4) is 11.1 Å². The summed E-state index contributed by atoms with van der Waals surface area (Å²) in [7, 11) is 0. The molecular formula is C23H24N2O2S. The van der Waals surface area contributed by atoms with Gasteiger partial charge in [0.15, 0.2) is 0 Å². The molecule has 0 radical (unpaired) electrons. The van der Waals surface area contributed by atoms with E-state index in [-0.39, 0.29) is 18.6 Å². The molecule has 6 rings (SSSR count). The van der Waals surface area contributed by atoms with E-state index in [2.05, 4.69) is 22.3 Å². The molecule has 2 N–H and O–H groups in total. The maximum Gasteiger partial charge on any atom is 0.261 e. The number of hydrogen-bond donors (Lipinski definition) is 2. The van der Waals surface area contributed by atoms with Crippen LogP contribution >= 0.6 is 11.3 Å². The first-order valence-electron chi connectivity index (χ1n) is 9.98. The van der Waals surface area contributed by atoms with Crippen LogP contribution in [0.25, 0.3) is 21.2 Å². The second kappa shape index (κ2) is 7.32. The first-order chi connectivity index (χ1) is 13.7. The summed E-state index contributed by atoms with van der Waals surface area (Å²) in [5.41, 5.74) is 3.01. The van der Waals surface area contributed by atoms with Crippen LogP contribution in [0.4, 0.5) is 0 Å². The summed E-state index contributed by atoms with van der Waals surface area (Å²) in [6.45, 7) is 3.34. The summed E-state index contributed by atoms with van der Waals surface area (Å²) in [6, 6.07) is 16.3. The maximum absolute atomic E-state index is 13.0. The molecule has 1 aromatic heterocycles. The Hall–Kier alpha value is -2.21. The Morgan fingerprint density at radius 3 is 2.64 bits per heavy atom. The quantitative estimate of drug-likeness (QED) is 0.708. The lowest BCUT2D eigenvalue weighted by Crippen LogP contribution is -2.57. The summed E-state index contributed by atoms with van der Waals surface area (Å²) in [4.78, 5) is 16.2. The third kappa shape index (κ3) is 3.13. The molecule has 3 fully saturated rings. The fourth-order valence-electron chi connectivity index (χ4n) is 4.68. The fraction of sp³-hybridized carbons (Fsp3) is 0.348. The summed E-state index contributed by atoms with van der Waals surface area (Å²) >= 11 is 1.55. The second-order valence-electron chi connectivity index (χ2n) is 7.87. The predicted octanol–water partition coefficient (Wildman–Crippen LogP) is 3.88. The Balaban J connectivity index is 1.46. The zero-order chi connectivity index (χ0) is 19.1. The average molecular weight is 393 g/mol. The first kappa shape index (κ1) is 17.9. The molecule has 4 heterocycles. The van der Waals surface area contributed by atoms with Gasteiger partial charge in [-0.05, 0) is 60.0 Å². The minimum Gasteiger partial charge on any atom is -0.392 e. The van der Waals surface area contributed by atoms with Crippen LogP contribution in [0.3, 0.4) is 0 Å². The highest BCUT2D eigenvalue weighted by Crippen LogP contribution is 2.37. The van der Waals surface area contributed by atoms with E-state index in [1.807, 2.05) is 36.4 Å². The average Bonchev–Trinajstić information content (AvgIpc) is 3.19. The molecule has 0 aliphatic carbocycles. The van der Waals surface area contributed by atoms with E-state index >= 15 is 0 Å². The van der Waals surface area contributed by atoms with Crippen molar-refractivity contribution in [1.29, 1.82) is 0 Å². The Morgan fingerprint density at radius 1 is 1.11 bits per heavy atom. The van der Waals surface area contributed by atoms with Gasteiger partial charge in [-0.15, -0.1) is 11.3 Å². The number of fused-ring (bicyclic) bond motifs is 4. The van der Waals surface area contributed by atoms with E-state index in [1.54, 1.807) is 11.3 Å². The van der Waals surface area contributed by atoms with Crippen molar-refractivity contribution in [1.82, 2.24) is 10.2 Å². The van der Waals surface area contributed by atoms with Crippen LogP contribution in [0.1, 0.15) is 28.1 Å². The highest BCUT2D eigenvalue weighted by molar-refractivity contribution is 7.21. The molecule has 1 amide bonds. The molecule has 2 aromatic carbocycles. The lowest BCUT2D eigenvalue weighted by molar-refractivity contribution is 0.0622. The van der Waals surface area contributed by atoms with Gasteiger partial charge in [-0.25, -0.2) is 0 Å². The number of piperidine rings is 3. The van der Waals surface area contributed by atoms with Crippen molar-refractivity contribution < 1.29 is 9.90 Å². The standard InChI is InChI=1S/C23H24N2O2S/c26-14-17-4-1-2-6-18(17)19-7-3-5-16-12-21(28-22(16)19)23(27)24-20-13-25-10-8-15(20)9-11-25/h1-7,12,15,20,26H,8-11,13-14H2,(H,24,27). The number of aliphatic hydroxyl groups excluding tert-OH is 1. The largest absolute Gasteiger partial charge is 0.392 e. The monoisotopic (exact) mass is 392 g/mol. The van der Waals surface area contributed by atoms with Crippen molar-refractivity contribution in [2.24, 2.45) is 5.92 Å². The molecule has 28 heavy (non-hydrogen) atoms. The van der Waals surface area contributed by atoms with E-state index in [4.69, 9.17) is 0 Å². The van der Waals surface area contributed by atoms with Gasteiger partial charge < -0.3 is 15.3 Å². The highest BCUT2D eigenvalue weighted by Gasteiger charge is 2.35. The molecule has 1 unspecified atom stereocenters. The molecule has 0 spiro atoms. The molecule has 4 nitrogen and oxygen atoms in total. The van der Waals surface area contributed by atoms with Crippen molar-refractivity contribution in [2.75, 3.05) is 19.6 Å². The summed E-state index contributed by atoms with van der Waals surface area (Å²) in [6.07, 6.45) is 2.39. The summed E-state index contributed by atoms with van der Waals surface area (Å²) in [5.74, 6) is 0.664. The maximum atomic E-state index is 13.0. The SMILES string of the molecule is O=C(NC1CN2CCC1CC2)c1cc2cccc(-c3ccccc3CO)c2s1. The molecule has 3 aromatic rings. The van der Waals surface area contributed by atoms with Crippen molar-refractivity contribution in [3.05, 3.63) is 59.0 Å². The molecule has 3 saturated heterocycles. The number of nitrogens with zero attached hydrogens (tertiary/aromatic N) is 1. The topological polar surface area (TPSA) is 52.6 Å². The lowest BCUT2D eigenvalue weighted by Gasteiger charge is -2.44. The molecule has 1 atom stereocenters. The number of carbonyl (C=O) groups excluding carboxylic acids is 1. The van der Waals surface area contributed by atoms with Crippen molar-refractivity contribution in [2.45, 2.75) is 25.5 Å². The zero-order valence-corrected chi connectivity index (χ0v) is 16.5. The van der Waals surface area contributed by atoms with Crippen LogP contribution < -0.4 is 5.32 Å². The van der Waals surface area contributed by atoms with E-state index < -0.39 is 0 Å². The van der Waals surface area contributed by atoms with Crippen LogP contribution in [0.2, 0.25) is 0 Å². The highest BCUT2D eigenvalue weighted by atomic mass is 32.1. The molecule has 5 heteroatoms. The van der Waals surface area contributed by atoms with Gasteiger partial charge in [0.05, 0.1) is 11.5 Å². The van der Waals surface area contributed by atoms with Gasteiger partial charge in [0.25, 0.3) is 5.91 Å². The second-order valence-corrected chi connectivity index (χ2v) is 8.92. The van der Waals surface area contributed by atoms with Crippen molar-refractivity contribution in [3.63, 3.8) is 0 Å². The van der Waals surface area contributed by atoms with E-state index in [9.17, 15) is 9.90 Å². The Morgan fingerprint density at radius 2 is 1.89 bits per heavy atom. The number of rotatable bonds is 4. The number of nitrogens with one attached hydrogen (secondary N) is 1. The normalized spacial score (nSPS) is 23.8. The number of aliphatic hydroxyl groups is 1. The van der Waals surface area contributed by atoms with Gasteiger partial charge in [-0.2, -0.15) is 0 Å². The number of thiophene rings is 1. The fourth-order valence-corrected chi connectivity index (χ4v) is 5.77. The van der Waals surface area contributed by atoms with Gasteiger partial charge in [-0.3, -0.25) is 4.79 Å². The predicted molar refractivity (Wildman–Crippen MR) is 114 cm³/mol. The Kier molecular flexibility index (Phi) is 4.67. The minimum absolute atomic E-state index is 0.00481. The van der Waals surface area contributed by atoms with Crippen molar-refractivity contribution >= 4 is 27.3 Å². The van der Waals surface area contributed by atoms with E-state index in [1.165, 1.54) is 25.9 Å². The van der Waals surface area contributed by atoms with Gasteiger partial charge in [0, 0.05) is 17.3 Å². The van der Waals surface area contributed by atoms with E-state index in [0.717, 1.165) is 38.2 Å². The molecule has 0 saturated carbocycles. The molecule has 3 aliphatic heterocycles. The number of carbonyl (C=O) groups is 1. The van der Waals surface area contributed by atoms with Gasteiger partial charge >= 0.3 is 0 Å². The van der Waals surface area contributed by atoms with E-state index in [0.29, 0.717) is 5.92 Å². The number of hydrogen-bond acceptors (Lipinski definition) is 4. The Labute approximate surface area is 168 Å².